The van der Waals surface area contributed by atoms with E-state index in [1.165, 1.54) is 38.3 Å². The molecule has 0 aliphatic carbocycles. The van der Waals surface area contributed by atoms with Gasteiger partial charge in [-0.15, -0.1) is 0 Å². The number of aryl methyl sites for hydroxylation is 1. The number of hydrazine groups is 1. The van der Waals surface area contributed by atoms with Gasteiger partial charge < -0.3 is 4.74 Å². The number of nitrogens with two attached hydrogens (primary N) is 1. The Balaban J connectivity index is 2.52. The number of halogens is 3. The summed E-state index contributed by atoms with van der Waals surface area (Å²) >= 11 is 0. The van der Waals surface area contributed by atoms with Crippen LogP contribution in [-0.2, 0) is 0 Å². The summed E-state index contributed by atoms with van der Waals surface area (Å²) in [5, 5.41) is 0. The van der Waals surface area contributed by atoms with Crippen molar-refractivity contribution in [3.05, 3.63) is 64.5 Å². The molecule has 2 rings (SSSR count). The Morgan fingerprint density at radius 2 is 1.71 bits per heavy atom. The molecule has 0 spiro atoms. The third-order valence-electron chi connectivity index (χ3n) is 3.30. The van der Waals surface area contributed by atoms with Crippen LogP contribution in [0.5, 0.6) is 5.75 Å². The fourth-order valence-electron chi connectivity index (χ4n) is 2.10. The van der Waals surface area contributed by atoms with Crippen molar-refractivity contribution in [2.45, 2.75) is 13.0 Å². The lowest BCUT2D eigenvalue weighted by Crippen LogP contribution is -2.30. The lowest BCUT2D eigenvalue weighted by molar-refractivity contribution is 0.409. The maximum atomic E-state index is 14.1. The van der Waals surface area contributed by atoms with Crippen LogP contribution in [0.3, 0.4) is 0 Å². The molecule has 0 saturated carbocycles. The van der Waals surface area contributed by atoms with Crippen molar-refractivity contribution in [2.75, 3.05) is 7.11 Å². The number of rotatable bonds is 4. The van der Waals surface area contributed by atoms with Crippen molar-refractivity contribution in [3.63, 3.8) is 0 Å². The van der Waals surface area contributed by atoms with Gasteiger partial charge in [0.2, 0.25) is 0 Å². The van der Waals surface area contributed by atoms with Gasteiger partial charge >= 0.3 is 0 Å². The molecule has 3 nitrogen and oxygen atoms in total. The molecular weight excluding hydrogens is 281 g/mol. The van der Waals surface area contributed by atoms with E-state index < -0.39 is 23.5 Å². The fourth-order valence-corrected chi connectivity index (χ4v) is 2.10. The second-order valence-electron chi connectivity index (χ2n) is 4.59. The highest BCUT2D eigenvalue weighted by Gasteiger charge is 2.23. The van der Waals surface area contributed by atoms with Gasteiger partial charge in [0.15, 0.2) is 11.6 Å². The zero-order chi connectivity index (χ0) is 15.6. The molecule has 1 unspecified atom stereocenters. The third kappa shape index (κ3) is 2.86. The van der Waals surface area contributed by atoms with E-state index in [0.29, 0.717) is 5.75 Å². The Kier molecular flexibility index (Phi) is 4.50. The molecule has 3 N–H and O–H groups in total. The standard InChI is InChI=1S/C15H15F3N2O/c1-8-3-5-11(14(18)13(8)17)15(20-19)10-6-4-9(21-2)7-12(10)16/h3-7,15,20H,19H2,1-2H3. The minimum Gasteiger partial charge on any atom is -0.497 e. The normalized spacial score (nSPS) is 12.3. The number of methoxy groups -OCH3 is 1. The van der Waals surface area contributed by atoms with E-state index in [9.17, 15) is 13.2 Å². The van der Waals surface area contributed by atoms with E-state index in [0.717, 1.165) is 6.07 Å². The van der Waals surface area contributed by atoms with Crippen LogP contribution in [0, 0.1) is 24.4 Å². The van der Waals surface area contributed by atoms with Gasteiger partial charge in [-0.1, -0.05) is 18.2 Å². The Morgan fingerprint density at radius 3 is 2.29 bits per heavy atom. The minimum atomic E-state index is -1.05. The molecule has 0 aliphatic rings. The highest BCUT2D eigenvalue weighted by molar-refractivity contribution is 5.38. The Morgan fingerprint density at radius 1 is 1.05 bits per heavy atom. The SMILES string of the molecule is COc1ccc(C(NN)c2ccc(C)c(F)c2F)c(F)c1. The van der Waals surface area contributed by atoms with E-state index in [1.54, 1.807) is 0 Å². The van der Waals surface area contributed by atoms with E-state index >= 15 is 0 Å². The zero-order valence-corrected chi connectivity index (χ0v) is 11.6. The second kappa shape index (κ2) is 6.15. The van der Waals surface area contributed by atoms with E-state index in [1.807, 2.05) is 0 Å². The Hall–Kier alpha value is -2.05. The predicted octanol–water partition coefficient (Wildman–Crippen LogP) is 2.97. The molecule has 1 atom stereocenters. The van der Waals surface area contributed by atoms with Gasteiger partial charge in [-0.3, -0.25) is 5.84 Å². The number of nitrogens with one attached hydrogen (secondary N) is 1. The van der Waals surface area contributed by atoms with Crippen LogP contribution >= 0.6 is 0 Å². The summed E-state index contributed by atoms with van der Waals surface area (Å²) in [5.74, 6) is 3.07. The van der Waals surface area contributed by atoms with E-state index in [4.69, 9.17) is 10.6 Å². The molecule has 0 saturated heterocycles. The summed E-state index contributed by atoms with van der Waals surface area (Å²) in [4.78, 5) is 0. The van der Waals surface area contributed by atoms with Crippen LogP contribution in [0.25, 0.3) is 0 Å². The molecule has 0 aliphatic heterocycles. The van der Waals surface area contributed by atoms with Crippen molar-refractivity contribution in [1.29, 1.82) is 0 Å². The molecule has 112 valence electrons. The van der Waals surface area contributed by atoms with Gasteiger partial charge in [-0.25, -0.2) is 18.6 Å². The molecule has 21 heavy (non-hydrogen) atoms. The average Bonchev–Trinajstić information content (AvgIpc) is 2.49. The largest absolute Gasteiger partial charge is 0.497 e. The van der Waals surface area contributed by atoms with Crippen molar-refractivity contribution >= 4 is 0 Å². The van der Waals surface area contributed by atoms with Crippen LogP contribution < -0.4 is 16.0 Å². The van der Waals surface area contributed by atoms with Gasteiger partial charge in [0, 0.05) is 17.2 Å². The summed E-state index contributed by atoms with van der Waals surface area (Å²) in [6, 6.07) is 5.87. The number of hydrogen-bond acceptors (Lipinski definition) is 3. The maximum absolute atomic E-state index is 14.1. The maximum Gasteiger partial charge on any atom is 0.164 e. The molecule has 0 fully saturated rings. The predicted molar refractivity (Wildman–Crippen MR) is 73.2 cm³/mol. The second-order valence-corrected chi connectivity index (χ2v) is 4.59. The summed E-state index contributed by atoms with van der Waals surface area (Å²) in [5.41, 5.74) is 2.51. The van der Waals surface area contributed by atoms with Gasteiger partial charge in [-0.2, -0.15) is 0 Å². The van der Waals surface area contributed by atoms with Crippen LogP contribution in [0.15, 0.2) is 30.3 Å². The first-order valence-electron chi connectivity index (χ1n) is 6.23. The monoisotopic (exact) mass is 296 g/mol. The van der Waals surface area contributed by atoms with Gasteiger partial charge in [0.25, 0.3) is 0 Å². The fraction of sp³-hybridized carbons (Fsp3) is 0.200. The van der Waals surface area contributed by atoms with Gasteiger partial charge in [-0.05, 0) is 18.6 Å². The lowest BCUT2D eigenvalue weighted by Gasteiger charge is -2.19. The summed E-state index contributed by atoms with van der Waals surface area (Å²) in [7, 11) is 1.40. The van der Waals surface area contributed by atoms with Crippen LogP contribution in [0.2, 0.25) is 0 Å². The van der Waals surface area contributed by atoms with Crippen molar-refractivity contribution in [1.82, 2.24) is 5.43 Å². The summed E-state index contributed by atoms with van der Waals surface area (Å²) in [6.45, 7) is 1.45. The number of ether oxygens (including phenoxy) is 1. The van der Waals surface area contributed by atoms with Crippen LogP contribution in [0.1, 0.15) is 22.7 Å². The first kappa shape index (κ1) is 15.3. The zero-order valence-electron chi connectivity index (χ0n) is 11.6. The molecule has 0 radical (unpaired) electrons. The Labute approximate surface area is 120 Å². The molecule has 2 aromatic rings. The van der Waals surface area contributed by atoms with Gasteiger partial charge in [0.1, 0.15) is 11.6 Å². The highest BCUT2D eigenvalue weighted by Crippen LogP contribution is 2.29. The molecule has 6 heteroatoms. The van der Waals surface area contributed by atoms with Gasteiger partial charge in [0.05, 0.1) is 13.2 Å². The summed E-state index contributed by atoms with van der Waals surface area (Å²) < 4.78 is 46.7. The molecule has 0 aromatic heterocycles. The summed E-state index contributed by atoms with van der Waals surface area (Å²) in [6.07, 6.45) is 0. The smallest absolute Gasteiger partial charge is 0.164 e. The molecular formula is C15H15F3N2O. The van der Waals surface area contributed by atoms with E-state index in [-0.39, 0.29) is 16.7 Å². The minimum absolute atomic E-state index is 0.0651. The molecule has 0 amide bonds. The quantitative estimate of drug-likeness (QED) is 0.673. The van der Waals surface area contributed by atoms with Crippen molar-refractivity contribution < 1.29 is 17.9 Å². The number of hydrogen-bond donors (Lipinski definition) is 2. The highest BCUT2D eigenvalue weighted by atomic mass is 19.2. The first-order chi connectivity index (χ1) is 9.99. The van der Waals surface area contributed by atoms with E-state index in [2.05, 4.69) is 5.43 Å². The van der Waals surface area contributed by atoms with Crippen molar-refractivity contribution in [2.24, 2.45) is 5.84 Å². The number of benzene rings is 2. The van der Waals surface area contributed by atoms with Crippen molar-refractivity contribution in [3.8, 4) is 5.75 Å². The average molecular weight is 296 g/mol. The third-order valence-corrected chi connectivity index (χ3v) is 3.30. The molecule has 0 heterocycles. The first-order valence-corrected chi connectivity index (χ1v) is 6.23. The van der Waals surface area contributed by atoms with Crippen LogP contribution in [0.4, 0.5) is 13.2 Å². The lowest BCUT2D eigenvalue weighted by atomic mass is 9.97. The molecule has 0 bridgehead atoms. The Bertz CT molecular complexity index is 662. The molecule has 2 aromatic carbocycles. The van der Waals surface area contributed by atoms with Crippen LogP contribution in [-0.4, -0.2) is 7.11 Å². The topological polar surface area (TPSA) is 47.3 Å².